The van der Waals surface area contributed by atoms with Crippen molar-refractivity contribution in [2.45, 2.75) is 6.61 Å². The highest BCUT2D eigenvalue weighted by Gasteiger charge is 2.55. The summed E-state index contributed by atoms with van der Waals surface area (Å²) in [5.41, 5.74) is 0.985. The predicted octanol–water partition coefficient (Wildman–Crippen LogP) is 2.23. The van der Waals surface area contributed by atoms with Crippen LogP contribution in [0.5, 0.6) is 0 Å². The number of carbonyl (C=O) groups is 2. The molecular weight excluding hydrogens is 282 g/mol. The van der Waals surface area contributed by atoms with E-state index in [-0.39, 0.29) is 12.1 Å². The van der Waals surface area contributed by atoms with Crippen LogP contribution >= 0.6 is 0 Å². The van der Waals surface area contributed by atoms with E-state index in [9.17, 15) is 9.59 Å². The van der Waals surface area contributed by atoms with E-state index in [0.29, 0.717) is 37.5 Å². The van der Waals surface area contributed by atoms with Gasteiger partial charge in [0.05, 0.1) is 7.11 Å². The monoisotopic (exact) mass is 301 g/mol. The van der Waals surface area contributed by atoms with Crippen molar-refractivity contribution in [3.8, 4) is 0 Å². The first kappa shape index (κ1) is 14.6. The second kappa shape index (κ2) is 6.22. The molecule has 0 unspecified atom stereocenters. The van der Waals surface area contributed by atoms with Gasteiger partial charge < -0.3 is 14.4 Å². The number of fused-ring (bicyclic) bond motifs is 1. The molecule has 1 saturated carbocycles. The average molecular weight is 301 g/mol. The van der Waals surface area contributed by atoms with E-state index in [1.807, 2.05) is 36.4 Å². The predicted molar refractivity (Wildman–Crippen MR) is 79.8 cm³/mol. The first-order chi connectivity index (χ1) is 10.7. The number of allylic oxidation sites excluding steroid dienone is 1. The number of methoxy groups -OCH3 is 1. The quantitative estimate of drug-likeness (QED) is 0.632. The first-order valence-corrected chi connectivity index (χ1v) is 7.41. The van der Waals surface area contributed by atoms with Crippen LogP contribution in [0.3, 0.4) is 0 Å². The third kappa shape index (κ3) is 3.13. The number of carbonyl (C=O) groups excluding carboxylic acids is 2. The summed E-state index contributed by atoms with van der Waals surface area (Å²) in [5, 5.41) is 0. The molecule has 1 amide bonds. The molecule has 116 valence electrons. The van der Waals surface area contributed by atoms with E-state index in [0.717, 1.165) is 5.56 Å². The van der Waals surface area contributed by atoms with Crippen LogP contribution in [-0.4, -0.2) is 37.2 Å². The zero-order chi connectivity index (χ0) is 15.5. The van der Waals surface area contributed by atoms with E-state index in [2.05, 4.69) is 4.74 Å². The SMILES string of the molecule is COC(=O)/C=C/[C@H]1[C@H]2CN(C(=O)OCc3ccccc3)C[C@@H]12. The van der Waals surface area contributed by atoms with Crippen molar-refractivity contribution in [3.63, 3.8) is 0 Å². The lowest BCUT2D eigenvalue weighted by atomic mass is 10.2. The highest BCUT2D eigenvalue weighted by Crippen LogP contribution is 2.52. The molecule has 0 N–H and O–H groups in total. The number of likely N-dealkylation sites (tertiary alicyclic amines) is 1. The lowest BCUT2D eigenvalue weighted by Gasteiger charge is -2.18. The van der Waals surface area contributed by atoms with Gasteiger partial charge in [-0.15, -0.1) is 0 Å². The maximum absolute atomic E-state index is 12.0. The molecular formula is C17H19NO4. The smallest absolute Gasteiger partial charge is 0.410 e. The summed E-state index contributed by atoms with van der Waals surface area (Å²) in [4.78, 5) is 24.8. The Labute approximate surface area is 129 Å². The molecule has 5 nitrogen and oxygen atoms in total. The van der Waals surface area contributed by atoms with Gasteiger partial charge in [-0.1, -0.05) is 36.4 Å². The van der Waals surface area contributed by atoms with Crippen LogP contribution in [0.1, 0.15) is 5.56 Å². The van der Waals surface area contributed by atoms with Crippen LogP contribution in [0.25, 0.3) is 0 Å². The summed E-state index contributed by atoms with van der Waals surface area (Å²) >= 11 is 0. The van der Waals surface area contributed by atoms with Gasteiger partial charge in [0, 0.05) is 19.2 Å². The number of amides is 1. The zero-order valence-corrected chi connectivity index (χ0v) is 12.5. The molecule has 0 aromatic heterocycles. The van der Waals surface area contributed by atoms with E-state index >= 15 is 0 Å². The van der Waals surface area contributed by atoms with Gasteiger partial charge >= 0.3 is 12.1 Å². The van der Waals surface area contributed by atoms with Crippen LogP contribution in [0, 0.1) is 17.8 Å². The van der Waals surface area contributed by atoms with Crippen molar-refractivity contribution >= 4 is 12.1 Å². The van der Waals surface area contributed by atoms with Gasteiger partial charge in [-0.25, -0.2) is 9.59 Å². The number of benzene rings is 1. The first-order valence-electron chi connectivity index (χ1n) is 7.41. The minimum absolute atomic E-state index is 0.258. The number of nitrogens with zero attached hydrogens (tertiary/aromatic N) is 1. The van der Waals surface area contributed by atoms with Crippen LogP contribution in [0.4, 0.5) is 4.79 Å². The van der Waals surface area contributed by atoms with Crippen LogP contribution in [0.2, 0.25) is 0 Å². The van der Waals surface area contributed by atoms with Crippen LogP contribution in [0.15, 0.2) is 42.5 Å². The van der Waals surface area contributed by atoms with Crippen LogP contribution in [-0.2, 0) is 20.9 Å². The third-order valence-corrected chi connectivity index (χ3v) is 4.38. The standard InChI is InChI=1S/C17H19NO4/c1-21-16(19)8-7-13-14-9-18(10-15(13)14)17(20)22-11-12-5-3-2-4-6-12/h2-8,13-15H,9-11H2,1H3/b8-7+/t13-,14+,15-. The van der Waals surface area contributed by atoms with Gasteiger partial charge in [0.2, 0.25) is 0 Å². The number of piperidine rings is 1. The Morgan fingerprint density at radius 3 is 2.55 bits per heavy atom. The van der Waals surface area contributed by atoms with E-state index < -0.39 is 0 Å². The van der Waals surface area contributed by atoms with Crippen LogP contribution < -0.4 is 0 Å². The number of hydrogen-bond acceptors (Lipinski definition) is 4. The molecule has 0 bridgehead atoms. The molecule has 5 heteroatoms. The normalized spacial score (nSPS) is 25.9. The van der Waals surface area contributed by atoms with E-state index in [4.69, 9.17) is 4.74 Å². The molecule has 1 aliphatic heterocycles. The lowest BCUT2D eigenvalue weighted by molar-refractivity contribution is -0.134. The number of hydrogen-bond donors (Lipinski definition) is 0. The van der Waals surface area contributed by atoms with E-state index in [1.165, 1.54) is 13.2 Å². The molecule has 0 radical (unpaired) electrons. The molecule has 2 aliphatic rings. The fourth-order valence-corrected chi connectivity index (χ4v) is 3.08. The topological polar surface area (TPSA) is 55.8 Å². The summed E-state index contributed by atoms with van der Waals surface area (Å²) in [5.74, 6) is 0.955. The Kier molecular flexibility index (Phi) is 4.13. The molecule has 3 rings (SSSR count). The molecule has 22 heavy (non-hydrogen) atoms. The Morgan fingerprint density at radius 1 is 1.23 bits per heavy atom. The van der Waals surface area contributed by atoms with Crippen molar-refractivity contribution in [2.75, 3.05) is 20.2 Å². The summed E-state index contributed by atoms with van der Waals surface area (Å²) < 4.78 is 9.90. The van der Waals surface area contributed by atoms with Crippen molar-refractivity contribution in [3.05, 3.63) is 48.0 Å². The van der Waals surface area contributed by atoms with Gasteiger partial charge in [0.25, 0.3) is 0 Å². The maximum Gasteiger partial charge on any atom is 0.410 e. The second-order valence-corrected chi connectivity index (χ2v) is 5.73. The van der Waals surface area contributed by atoms with Crippen molar-refractivity contribution in [2.24, 2.45) is 17.8 Å². The average Bonchev–Trinajstić information content (AvgIpc) is 3.00. The fraction of sp³-hybridized carbons (Fsp3) is 0.412. The molecule has 1 aromatic carbocycles. The number of rotatable bonds is 4. The van der Waals surface area contributed by atoms with Crippen molar-refractivity contribution in [1.82, 2.24) is 4.90 Å². The summed E-state index contributed by atoms with van der Waals surface area (Å²) in [7, 11) is 1.37. The van der Waals surface area contributed by atoms with Crippen molar-refractivity contribution < 1.29 is 19.1 Å². The molecule has 3 atom stereocenters. The van der Waals surface area contributed by atoms with Gasteiger partial charge in [-0.2, -0.15) is 0 Å². The van der Waals surface area contributed by atoms with Crippen molar-refractivity contribution in [1.29, 1.82) is 0 Å². The Bertz CT molecular complexity index is 572. The molecule has 0 spiro atoms. The minimum Gasteiger partial charge on any atom is -0.466 e. The Hall–Kier alpha value is -2.30. The summed E-state index contributed by atoms with van der Waals surface area (Å²) in [6, 6.07) is 9.64. The molecule has 1 saturated heterocycles. The maximum atomic E-state index is 12.0. The van der Waals surface area contributed by atoms with Gasteiger partial charge in [-0.3, -0.25) is 0 Å². The minimum atomic E-state index is -0.330. The highest BCUT2D eigenvalue weighted by atomic mass is 16.6. The highest BCUT2D eigenvalue weighted by molar-refractivity contribution is 5.81. The number of esters is 1. The molecule has 1 aliphatic carbocycles. The van der Waals surface area contributed by atoms with Gasteiger partial charge in [0.1, 0.15) is 6.61 Å². The van der Waals surface area contributed by atoms with E-state index in [1.54, 1.807) is 4.90 Å². The zero-order valence-electron chi connectivity index (χ0n) is 12.5. The molecule has 2 fully saturated rings. The fourth-order valence-electron chi connectivity index (χ4n) is 3.08. The van der Waals surface area contributed by atoms with Gasteiger partial charge in [-0.05, 0) is 23.3 Å². The van der Waals surface area contributed by atoms with Gasteiger partial charge in [0.15, 0.2) is 0 Å². The largest absolute Gasteiger partial charge is 0.466 e. The molecule has 1 heterocycles. The summed E-state index contributed by atoms with van der Waals surface area (Å²) in [6.07, 6.45) is 3.11. The Balaban J connectivity index is 1.43. The lowest BCUT2D eigenvalue weighted by Crippen LogP contribution is -2.31. The molecule has 1 aromatic rings. The summed E-state index contributed by atoms with van der Waals surface area (Å²) in [6.45, 7) is 1.71. The third-order valence-electron chi connectivity index (χ3n) is 4.38. The Morgan fingerprint density at radius 2 is 1.91 bits per heavy atom. The second-order valence-electron chi connectivity index (χ2n) is 5.73. The number of ether oxygens (including phenoxy) is 2.